The molecule has 0 bridgehead atoms. The third kappa shape index (κ3) is 5.09. The number of nitrogens with one attached hydrogen (secondary N) is 1. The second kappa shape index (κ2) is 9.57. The smallest absolute Gasteiger partial charge is 0.417 e. The van der Waals surface area contributed by atoms with Gasteiger partial charge in [-0.15, -0.1) is 0 Å². The monoisotopic (exact) mass is 492 g/mol. The third-order valence-corrected chi connectivity index (χ3v) is 6.27. The van der Waals surface area contributed by atoms with Gasteiger partial charge in [0.25, 0.3) is 5.91 Å². The Morgan fingerprint density at radius 3 is 2.14 bits per heavy atom. The normalized spacial score (nSPS) is 20.5. The molecule has 3 atom stereocenters. The second-order valence-electron chi connectivity index (χ2n) is 8.61. The summed E-state index contributed by atoms with van der Waals surface area (Å²) in [4.78, 5) is 36.8. The van der Waals surface area contributed by atoms with E-state index in [-0.39, 0.29) is 18.9 Å². The molecule has 0 spiro atoms. The summed E-state index contributed by atoms with van der Waals surface area (Å²) in [5, 5.41) is 20.6. The van der Waals surface area contributed by atoms with E-state index in [1.165, 1.54) is 0 Å². The number of carboxylic acid groups (broad SMARTS) is 1. The van der Waals surface area contributed by atoms with Gasteiger partial charge in [0.05, 0.1) is 12.0 Å². The Labute approximate surface area is 198 Å². The van der Waals surface area contributed by atoms with Crippen molar-refractivity contribution in [3.63, 3.8) is 0 Å². The molecule has 2 aromatic carbocycles. The number of aliphatic hydroxyl groups is 1. The number of halogens is 3. The van der Waals surface area contributed by atoms with Crippen molar-refractivity contribution in [3.05, 3.63) is 59.7 Å². The molecule has 0 aromatic heterocycles. The molecule has 8 nitrogen and oxygen atoms in total. The van der Waals surface area contributed by atoms with Gasteiger partial charge in [0, 0.05) is 19.0 Å². The highest BCUT2D eigenvalue weighted by molar-refractivity contribution is 5.87. The lowest BCUT2D eigenvalue weighted by Crippen LogP contribution is -2.59. The maximum absolute atomic E-state index is 13.7. The first-order valence-corrected chi connectivity index (χ1v) is 10.9. The number of fused-ring (bicyclic) bond motifs is 3. The van der Waals surface area contributed by atoms with E-state index in [1.54, 1.807) is 5.32 Å². The van der Waals surface area contributed by atoms with Crippen molar-refractivity contribution in [1.82, 2.24) is 10.2 Å². The molecular weight excluding hydrogens is 469 g/mol. The fraction of sp³-hybridized carbons (Fsp3) is 0.375. The Hall–Kier alpha value is -3.60. The van der Waals surface area contributed by atoms with Crippen molar-refractivity contribution in [1.29, 1.82) is 0 Å². The Morgan fingerprint density at radius 2 is 1.60 bits per heavy atom. The number of aliphatic carboxylic acids is 1. The van der Waals surface area contributed by atoms with E-state index in [4.69, 9.17) is 9.84 Å². The van der Waals surface area contributed by atoms with Gasteiger partial charge < -0.3 is 25.2 Å². The average Bonchev–Trinajstić information content (AvgIpc) is 3.13. The Morgan fingerprint density at radius 1 is 1.03 bits per heavy atom. The number of ether oxygens (including phenoxy) is 1. The molecule has 35 heavy (non-hydrogen) atoms. The molecule has 3 unspecified atom stereocenters. The molecule has 4 rings (SSSR count). The van der Waals surface area contributed by atoms with Crippen LogP contribution in [-0.2, 0) is 14.3 Å². The van der Waals surface area contributed by atoms with Crippen LogP contribution >= 0.6 is 0 Å². The molecule has 1 heterocycles. The summed E-state index contributed by atoms with van der Waals surface area (Å²) in [5.74, 6) is -4.50. The molecule has 1 aliphatic carbocycles. The maximum Gasteiger partial charge on any atom is 0.417 e. The number of β-amino-alcohol motifs (C(OH)–C–C–N with tert-alkyl or cyclic N) is 1. The van der Waals surface area contributed by atoms with Gasteiger partial charge in [-0.05, 0) is 28.7 Å². The minimum Gasteiger partial charge on any atom is -0.481 e. The van der Waals surface area contributed by atoms with E-state index in [0.717, 1.165) is 22.3 Å². The zero-order valence-electron chi connectivity index (χ0n) is 18.4. The van der Waals surface area contributed by atoms with Crippen molar-refractivity contribution in [2.45, 2.75) is 30.7 Å². The van der Waals surface area contributed by atoms with E-state index in [2.05, 4.69) is 0 Å². The fourth-order valence-corrected chi connectivity index (χ4v) is 4.66. The molecule has 0 radical (unpaired) electrons. The molecule has 1 saturated heterocycles. The molecule has 2 amide bonds. The van der Waals surface area contributed by atoms with Gasteiger partial charge in [-0.25, -0.2) is 4.79 Å². The summed E-state index contributed by atoms with van der Waals surface area (Å²) in [5.41, 5.74) is 3.62. The van der Waals surface area contributed by atoms with Crippen molar-refractivity contribution >= 4 is 18.0 Å². The molecule has 11 heteroatoms. The van der Waals surface area contributed by atoms with Crippen LogP contribution < -0.4 is 5.32 Å². The molecule has 186 valence electrons. The fourth-order valence-electron chi connectivity index (χ4n) is 4.66. The van der Waals surface area contributed by atoms with Crippen LogP contribution in [0.5, 0.6) is 0 Å². The lowest BCUT2D eigenvalue weighted by atomic mass is 9.95. The zero-order chi connectivity index (χ0) is 25.3. The van der Waals surface area contributed by atoms with E-state index in [1.807, 2.05) is 48.5 Å². The van der Waals surface area contributed by atoms with Crippen LogP contribution in [0, 0.1) is 5.92 Å². The summed E-state index contributed by atoms with van der Waals surface area (Å²) in [6, 6.07) is 11.9. The summed E-state index contributed by atoms with van der Waals surface area (Å²) >= 11 is 0. The number of rotatable bonds is 5. The van der Waals surface area contributed by atoms with Gasteiger partial charge in [-0.2, -0.15) is 13.2 Å². The number of likely N-dealkylation sites (tertiary alicyclic amines) is 1. The average molecular weight is 492 g/mol. The predicted molar refractivity (Wildman–Crippen MR) is 116 cm³/mol. The van der Waals surface area contributed by atoms with Gasteiger partial charge in [-0.3, -0.25) is 9.59 Å². The van der Waals surface area contributed by atoms with Crippen LogP contribution in [-0.4, -0.2) is 71.1 Å². The second-order valence-corrected chi connectivity index (χ2v) is 8.61. The number of carbonyl (C=O) groups excluding carboxylic acids is 2. The van der Waals surface area contributed by atoms with Gasteiger partial charge in [0.1, 0.15) is 6.61 Å². The van der Waals surface area contributed by atoms with Crippen molar-refractivity contribution < 1.29 is 42.5 Å². The van der Waals surface area contributed by atoms with Crippen LogP contribution in [0.15, 0.2) is 48.5 Å². The highest BCUT2D eigenvalue weighted by atomic mass is 19.4. The number of piperidine rings is 1. The summed E-state index contributed by atoms with van der Waals surface area (Å²) in [6.07, 6.45) is -8.08. The van der Waals surface area contributed by atoms with Gasteiger partial charge in [-0.1, -0.05) is 48.5 Å². The summed E-state index contributed by atoms with van der Waals surface area (Å²) in [7, 11) is 0. The van der Waals surface area contributed by atoms with Crippen LogP contribution in [0.3, 0.4) is 0 Å². The van der Waals surface area contributed by atoms with Crippen LogP contribution in [0.25, 0.3) is 11.1 Å². The number of carboxylic acids is 1. The lowest BCUT2D eigenvalue weighted by Gasteiger charge is -2.36. The Bertz CT molecular complexity index is 1090. The maximum atomic E-state index is 13.7. The van der Waals surface area contributed by atoms with Gasteiger partial charge in [0.15, 0.2) is 0 Å². The SMILES string of the molecule is O=C(NC(C(=O)N1CC(O)CC(C(=O)O)C1)C(F)(F)F)OCC1c2ccccc2-c2ccccc21. The molecule has 1 fully saturated rings. The molecule has 3 N–H and O–H groups in total. The lowest BCUT2D eigenvalue weighted by molar-refractivity contribution is -0.177. The summed E-state index contributed by atoms with van der Waals surface area (Å²) < 4.78 is 46.2. The zero-order valence-corrected chi connectivity index (χ0v) is 18.4. The molecule has 1 aliphatic heterocycles. The molecule has 0 saturated carbocycles. The number of hydrogen-bond donors (Lipinski definition) is 3. The number of alkyl carbamates (subject to hydrolysis) is 1. The Kier molecular flexibility index (Phi) is 6.70. The van der Waals surface area contributed by atoms with E-state index in [9.17, 15) is 32.7 Å². The topological polar surface area (TPSA) is 116 Å². The van der Waals surface area contributed by atoms with Crippen molar-refractivity contribution in [2.24, 2.45) is 5.92 Å². The third-order valence-electron chi connectivity index (χ3n) is 6.27. The van der Waals surface area contributed by atoms with E-state index < -0.39 is 55.3 Å². The largest absolute Gasteiger partial charge is 0.481 e. The number of carbonyl (C=O) groups is 3. The molecular formula is C24H23F3N2O6. The Balaban J connectivity index is 1.46. The predicted octanol–water partition coefficient (Wildman–Crippen LogP) is 2.75. The highest BCUT2D eigenvalue weighted by Crippen LogP contribution is 2.44. The summed E-state index contributed by atoms with van der Waals surface area (Å²) in [6.45, 7) is -1.23. The first kappa shape index (κ1) is 24.5. The van der Waals surface area contributed by atoms with Crippen LogP contribution in [0.2, 0.25) is 0 Å². The number of alkyl halides is 3. The quantitative estimate of drug-likeness (QED) is 0.591. The van der Waals surface area contributed by atoms with Gasteiger partial charge in [0.2, 0.25) is 6.04 Å². The number of aliphatic hydroxyl groups excluding tert-OH is 1. The first-order valence-electron chi connectivity index (χ1n) is 10.9. The van der Waals surface area contributed by atoms with Crippen LogP contribution in [0.1, 0.15) is 23.5 Å². The minimum atomic E-state index is -5.16. The van der Waals surface area contributed by atoms with E-state index >= 15 is 0 Å². The molecule has 2 aromatic rings. The number of nitrogens with zero attached hydrogens (tertiary/aromatic N) is 1. The number of amides is 2. The van der Waals surface area contributed by atoms with Crippen LogP contribution in [0.4, 0.5) is 18.0 Å². The van der Waals surface area contributed by atoms with Crippen molar-refractivity contribution in [3.8, 4) is 11.1 Å². The first-order chi connectivity index (χ1) is 16.6. The number of hydrogen-bond acceptors (Lipinski definition) is 5. The molecule has 2 aliphatic rings. The van der Waals surface area contributed by atoms with E-state index in [0.29, 0.717) is 4.90 Å². The van der Waals surface area contributed by atoms with Gasteiger partial charge >= 0.3 is 18.2 Å². The minimum absolute atomic E-state index is 0.185. The van der Waals surface area contributed by atoms with Crippen molar-refractivity contribution in [2.75, 3.05) is 19.7 Å². The number of benzene rings is 2. The highest BCUT2D eigenvalue weighted by Gasteiger charge is 2.49. The standard InChI is InChI=1S/C24H23F3N2O6/c25-24(26,27)20(21(31)29-10-13(22(32)33)9-14(30)11-29)28-23(34)35-12-19-17-7-3-1-5-15(17)16-6-2-4-8-18(16)19/h1-8,13-14,19-20,30H,9-12H2,(H,28,34)(H,32,33).